The van der Waals surface area contributed by atoms with E-state index in [2.05, 4.69) is 0 Å². The molecule has 0 aromatic rings. The lowest BCUT2D eigenvalue weighted by Crippen LogP contribution is -2.38. The van der Waals surface area contributed by atoms with E-state index in [1.807, 2.05) is 6.92 Å². The summed E-state index contributed by atoms with van der Waals surface area (Å²) in [5.41, 5.74) is 0. The molecule has 1 saturated carbocycles. The first kappa shape index (κ1) is 10.0. The third-order valence-corrected chi connectivity index (χ3v) is 2.88. The van der Waals surface area contributed by atoms with Crippen LogP contribution >= 0.6 is 0 Å². The molecule has 1 aliphatic carbocycles. The molecule has 0 heterocycles. The molecule has 1 fully saturated rings. The molecule has 12 heavy (non-hydrogen) atoms. The van der Waals surface area contributed by atoms with E-state index in [1.165, 1.54) is 6.42 Å². The van der Waals surface area contributed by atoms with Crippen molar-refractivity contribution in [1.82, 2.24) is 0 Å². The summed E-state index contributed by atoms with van der Waals surface area (Å²) in [7, 11) is 0. The minimum atomic E-state index is -1.38. The van der Waals surface area contributed by atoms with Crippen LogP contribution in [-0.4, -0.2) is 16.0 Å². The molecule has 0 aromatic carbocycles. The van der Waals surface area contributed by atoms with Crippen molar-refractivity contribution < 1.29 is 10.2 Å². The molecule has 2 N–H and O–H groups in total. The average Bonchev–Trinajstić information content (AvgIpc) is 2.06. The van der Waals surface area contributed by atoms with Crippen molar-refractivity contribution in [3.05, 3.63) is 0 Å². The van der Waals surface area contributed by atoms with Crippen molar-refractivity contribution in [2.24, 2.45) is 5.92 Å². The standard InChI is InChI=1S/C10H20O2/c1-2-8-10(11,12)9-6-4-3-5-7-9/h9,11-12H,2-8H2,1H3. The highest BCUT2D eigenvalue weighted by Gasteiger charge is 2.33. The number of aliphatic hydroxyl groups is 2. The van der Waals surface area contributed by atoms with E-state index in [0.29, 0.717) is 6.42 Å². The zero-order chi connectivity index (χ0) is 9.03. The van der Waals surface area contributed by atoms with Crippen LogP contribution in [0.5, 0.6) is 0 Å². The molecule has 2 heteroatoms. The number of rotatable bonds is 3. The lowest BCUT2D eigenvalue weighted by Gasteiger charge is -2.33. The molecule has 72 valence electrons. The average molecular weight is 172 g/mol. The van der Waals surface area contributed by atoms with Gasteiger partial charge in [-0.05, 0) is 12.8 Å². The second kappa shape index (κ2) is 4.24. The van der Waals surface area contributed by atoms with E-state index in [4.69, 9.17) is 0 Å². The largest absolute Gasteiger partial charge is 0.365 e. The quantitative estimate of drug-likeness (QED) is 0.640. The summed E-state index contributed by atoms with van der Waals surface area (Å²) in [6, 6.07) is 0. The van der Waals surface area contributed by atoms with Crippen molar-refractivity contribution >= 4 is 0 Å². The van der Waals surface area contributed by atoms with E-state index in [0.717, 1.165) is 32.1 Å². The fourth-order valence-electron chi connectivity index (χ4n) is 2.14. The van der Waals surface area contributed by atoms with Gasteiger partial charge >= 0.3 is 0 Å². The van der Waals surface area contributed by atoms with Crippen molar-refractivity contribution in [3.63, 3.8) is 0 Å². The summed E-state index contributed by atoms with van der Waals surface area (Å²) < 4.78 is 0. The number of hydrogen-bond acceptors (Lipinski definition) is 2. The third kappa shape index (κ3) is 2.46. The van der Waals surface area contributed by atoms with Crippen LogP contribution in [0.15, 0.2) is 0 Å². The van der Waals surface area contributed by atoms with Gasteiger partial charge in [0.05, 0.1) is 0 Å². The maximum absolute atomic E-state index is 9.69. The van der Waals surface area contributed by atoms with Crippen LogP contribution in [0.3, 0.4) is 0 Å². The SMILES string of the molecule is CCCC(O)(O)C1CCCCC1. The van der Waals surface area contributed by atoms with Crippen LogP contribution in [0, 0.1) is 5.92 Å². The van der Waals surface area contributed by atoms with Crippen molar-refractivity contribution in [1.29, 1.82) is 0 Å². The summed E-state index contributed by atoms with van der Waals surface area (Å²) in [6.07, 6.45) is 6.95. The highest BCUT2D eigenvalue weighted by molar-refractivity contribution is 4.78. The molecular formula is C10H20O2. The van der Waals surface area contributed by atoms with Gasteiger partial charge in [0.15, 0.2) is 5.79 Å². The Balaban J connectivity index is 2.41. The van der Waals surface area contributed by atoms with Crippen molar-refractivity contribution in [2.75, 3.05) is 0 Å². The van der Waals surface area contributed by atoms with Gasteiger partial charge in [-0.25, -0.2) is 0 Å². The highest BCUT2D eigenvalue weighted by Crippen LogP contribution is 2.33. The maximum Gasteiger partial charge on any atom is 0.165 e. The monoisotopic (exact) mass is 172 g/mol. The molecular weight excluding hydrogens is 152 g/mol. The van der Waals surface area contributed by atoms with Crippen LogP contribution in [0.25, 0.3) is 0 Å². The third-order valence-electron chi connectivity index (χ3n) is 2.88. The van der Waals surface area contributed by atoms with Gasteiger partial charge in [-0.15, -0.1) is 0 Å². The Morgan fingerprint density at radius 2 is 1.75 bits per heavy atom. The normalized spacial score (nSPS) is 21.2. The minimum Gasteiger partial charge on any atom is -0.365 e. The van der Waals surface area contributed by atoms with E-state index < -0.39 is 5.79 Å². The van der Waals surface area contributed by atoms with E-state index in [1.54, 1.807) is 0 Å². The van der Waals surface area contributed by atoms with Crippen molar-refractivity contribution in [3.8, 4) is 0 Å². The zero-order valence-electron chi connectivity index (χ0n) is 7.92. The van der Waals surface area contributed by atoms with Crippen LogP contribution in [0.4, 0.5) is 0 Å². The molecule has 1 aliphatic rings. The van der Waals surface area contributed by atoms with Gasteiger partial charge < -0.3 is 10.2 Å². The van der Waals surface area contributed by atoms with Gasteiger partial charge in [0, 0.05) is 12.3 Å². The topological polar surface area (TPSA) is 40.5 Å². The van der Waals surface area contributed by atoms with Crippen LogP contribution in [0.2, 0.25) is 0 Å². The first-order chi connectivity index (χ1) is 5.67. The molecule has 1 rings (SSSR count). The first-order valence-corrected chi connectivity index (χ1v) is 5.11. The van der Waals surface area contributed by atoms with Gasteiger partial charge in [-0.1, -0.05) is 32.6 Å². The lowest BCUT2D eigenvalue weighted by atomic mass is 9.81. The maximum atomic E-state index is 9.69. The molecule has 0 amide bonds. The molecule has 0 aromatic heterocycles. The molecule has 0 radical (unpaired) electrons. The van der Waals surface area contributed by atoms with E-state index in [-0.39, 0.29) is 5.92 Å². The van der Waals surface area contributed by atoms with Crippen molar-refractivity contribution in [2.45, 2.75) is 57.7 Å². The smallest absolute Gasteiger partial charge is 0.165 e. The fraction of sp³-hybridized carbons (Fsp3) is 1.00. The molecule has 0 atom stereocenters. The zero-order valence-corrected chi connectivity index (χ0v) is 7.92. The first-order valence-electron chi connectivity index (χ1n) is 5.11. The summed E-state index contributed by atoms with van der Waals surface area (Å²) >= 11 is 0. The molecule has 0 unspecified atom stereocenters. The Bertz CT molecular complexity index is 126. The predicted molar refractivity (Wildman–Crippen MR) is 48.7 cm³/mol. The second-order valence-corrected chi connectivity index (χ2v) is 3.96. The van der Waals surface area contributed by atoms with Gasteiger partial charge in [0.25, 0.3) is 0 Å². The molecule has 0 spiro atoms. The summed E-state index contributed by atoms with van der Waals surface area (Å²) in [6.45, 7) is 1.99. The molecule has 0 bridgehead atoms. The molecule has 2 nitrogen and oxygen atoms in total. The fourth-order valence-corrected chi connectivity index (χ4v) is 2.14. The van der Waals surface area contributed by atoms with Crippen LogP contribution < -0.4 is 0 Å². The van der Waals surface area contributed by atoms with E-state index in [9.17, 15) is 10.2 Å². The van der Waals surface area contributed by atoms with Gasteiger partial charge in [-0.3, -0.25) is 0 Å². The Kier molecular flexibility index (Phi) is 3.53. The van der Waals surface area contributed by atoms with Crippen LogP contribution in [0.1, 0.15) is 51.9 Å². The summed E-state index contributed by atoms with van der Waals surface area (Å²) in [4.78, 5) is 0. The number of hydrogen-bond donors (Lipinski definition) is 2. The predicted octanol–water partition coefficient (Wildman–Crippen LogP) is 2.05. The Hall–Kier alpha value is -0.0800. The van der Waals surface area contributed by atoms with E-state index >= 15 is 0 Å². The Morgan fingerprint density at radius 3 is 2.25 bits per heavy atom. The summed E-state index contributed by atoms with van der Waals surface area (Å²) in [5, 5.41) is 19.4. The molecule has 0 aliphatic heterocycles. The second-order valence-electron chi connectivity index (χ2n) is 3.96. The molecule has 0 saturated heterocycles. The minimum absolute atomic E-state index is 0.131. The summed E-state index contributed by atoms with van der Waals surface area (Å²) in [5.74, 6) is -1.25. The van der Waals surface area contributed by atoms with Gasteiger partial charge in [-0.2, -0.15) is 0 Å². The Morgan fingerprint density at radius 1 is 1.17 bits per heavy atom. The van der Waals surface area contributed by atoms with Gasteiger partial charge in [0.2, 0.25) is 0 Å². The van der Waals surface area contributed by atoms with Gasteiger partial charge in [0.1, 0.15) is 0 Å². The highest BCUT2D eigenvalue weighted by atomic mass is 16.5. The van der Waals surface area contributed by atoms with Crippen LogP contribution in [-0.2, 0) is 0 Å². The lowest BCUT2D eigenvalue weighted by molar-refractivity contribution is -0.210. The Labute approximate surface area is 74.6 Å².